The number of methoxy groups -OCH3 is 2. The van der Waals surface area contributed by atoms with Crippen LogP contribution in [-0.2, 0) is 22.6 Å². The molecule has 2 aromatic heterocycles. The first-order valence-corrected chi connectivity index (χ1v) is 15.3. The quantitative estimate of drug-likeness (QED) is 0.223. The number of hydrogen-bond acceptors (Lipinski definition) is 10. The summed E-state index contributed by atoms with van der Waals surface area (Å²) in [5.41, 5.74) is 5.56. The average Bonchev–Trinajstić information content (AvgIpc) is 3.78. The summed E-state index contributed by atoms with van der Waals surface area (Å²) in [6, 6.07) is 12.1. The Bertz CT molecular complexity index is 1490. The molecule has 12 heteroatoms. The van der Waals surface area contributed by atoms with E-state index in [2.05, 4.69) is 20.6 Å². The lowest BCUT2D eigenvalue weighted by Crippen LogP contribution is -2.29. The van der Waals surface area contributed by atoms with Crippen molar-refractivity contribution in [1.82, 2.24) is 30.6 Å². The van der Waals surface area contributed by atoms with Crippen LogP contribution in [0.4, 0.5) is 0 Å². The van der Waals surface area contributed by atoms with Crippen molar-refractivity contribution in [1.29, 1.82) is 0 Å². The number of rotatable bonds is 11. The van der Waals surface area contributed by atoms with E-state index >= 15 is 0 Å². The highest BCUT2D eigenvalue weighted by Gasteiger charge is 2.21. The zero-order valence-electron chi connectivity index (χ0n) is 24.6. The molecule has 2 N–H and O–H groups in total. The standard InChI is InChI=1S/C32H34Cl2N6O4/c1-41-31-27(15-35-19-9-11-43-17-19)37-13-25(39-31)23-7-3-5-21(29(23)33)22-6-4-8-24(30(22)34)26-14-38-28(32(40-26)42-2)16-36-20-10-12-44-18-20/h3-8,13-14,19-20,35-36H,9-12,15-18H2,1-2H3/t19-,20-/m0/s1. The van der Waals surface area contributed by atoms with Gasteiger partial charge >= 0.3 is 0 Å². The molecular formula is C32H34Cl2N6O4. The molecule has 2 aromatic carbocycles. The van der Waals surface area contributed by atoms with Gasteiger partial charge in [-0.25, -0.2) is 9.97 Å². The van der Waals surface area contributed by atoms with Crippen LogP contribution in [0.25, 0.3) is 33.6 Å². The number of aromatic nitrogens is 4. The number of nitrogens with zero attached hydrogens (tertiary/aromatic N) is 4. The Morgan fingerprint density at radius 2 is 1.14 bits per heavy atom. The average molecular weight is 638 g/mol. The third kappa shape index (κ3) is 6.66. The maximum absolute atomic E-state index is 7.03. The first-order chi connectivity index (χ1) is 21.6. The molecule has 44 heavy (non-hydrogen) atoms. The topological polar surface area (TPSA) is 113 Å². The molecule has 6 rings (SSSR count). The van der Waals surface area contributed by atoms with Gasteiger partial charge in [0.25, 0.3) is 0 Å². The van der Waals surface area contributed by atoms with Gasteiger partial charge in [-0.05, 0) is 12.8 Å². The lowest BCUT2D eigenvalue weighted by Gasteiger charge is -2.16. The lowest BCUT2D eigenvalue weighted by atomic mass is 9.98. The van der Waals surface area contributed by atoms with E-state index < -0.39 is 0 Å². The van der Waals surface area contributed by atoms with Gasteiger partial charge in [-0.2, -0.15) is 0 Å². The molecule has 0 radical (unpaired) electrons. The van der Waals surface area contributed by atoms with Gasteiger partial charge < -0.3 is 29.6 Å². The Morgan fingerprint density at radius 1 is 0.705 bits per heavy atom. The van der Waals surface area contributed by atoms with Gasteiger partial charge in [-0.1, -0.05) is 59.6 Å². The molecule has 2 aliphatic rings. The molecule has 2 saturated heterocycles. The van der Waals surface area contributed by atoms with Crippen LogP contribution in [-0.4, -0.2) is 72.7 Å². The smallest absolute Gasteiger partial charge is 0.237 e. The van der Waals surface area contributed by atoms with E-state index in [0.29, 0.717) is 82.7 Å². The molecule has 0 amide bonds. The minimum atomic E-state index is 0.298. The Kier molecular flexibility index (Phi) is 9.85. The van der Waals surface area contributed by atoms with Gasteiger partial charge in [0.15, 0.2) is 0 Å². The molecule has 2 atom stereocenters. The van der Waals surface area contributed by atoms with Gasteiger partial charge in [0.1, 0.15) is 11.4 Å². The minimum Gasteiger partial charge on any atom is -0.480 e. The second-order valence-electron chi connectivity index (χ2n) is 10.6. The van der Waals surface area contributed by atoms with Crippen molar-refractivity contribution in [3.63, 3.8) is 0 Å². The maximum atomic E-state index is 7.03. The molecule has 0 bridgehead atoms. The van der Waals surface area contributed by atoms with Crippen molar-refractivity contribution in [2.75, 3.05) is 40.6 Å². The largest absolute Gasteiger partial charge is 0.480 e. The maximum Gasteiger partial charge on any atom is 0.237 e. The van der Waals surface area contributed by atoms with Crippen LogP contribution in [0.3, 0.4) is 0 Å². The van der Waals surface area contributed by atoms with E-state index in [1.807, 2.05) is 36.4 Å². The molecule has 0 unspecified atom stereocenters. The summed E-state index contributed by atoms with van der Waals surface area (Å²) in [7, 11) is 3.18. The van der Waals surface area contributed by atoms with Crippen LogP contribution in [0.15, 0.2) is 48.8 Å². The molecule has 0 aliphatic carbocycles. The molecular weight excluding hydrogens is 603 g/mol. The number of hydrogen-bond donors (Lipinski definition) is 2. The summed E-state index contributed by atoms with van der Waals surface area (Å²) < 4.78 is 22.1. The Labute approximate surface area is 266 Å². The summed E-state index contributed by atoms with van der Waals surface area (Å²) in [4.78, 5) is 18.8. The molecule has 4 aromatic rings. The third-order valence-electron chi connectivity index (χ3n) is 7.83. The van der Waals surface area contributed by atoms with Crippen LogP contribution >= 0.6 is 23.2 Å². The first-order valence-electron chi connectivity index (χ1n) is 14.6. The van der Waals surface area contributed by atoms with E-state index in [1.54, 1.807) is 26.6 Å². The van der Waals surface area contributed by atoms with Gasteiger partial charge in [-0.15, -0.1) is 0 Å². The number of ether oxygens (including phenoxy) is 4. The lowest BCUT2D eigenvalue weighted by molar-refractivity contribution is 0.189. The van der Waals surface area contributed by atoms with Gasteiger partial charge in [0, 0.05) is 60.6 Å². The number of halogens is 2. The Morgan fingerprint density at radius 3 is 1.52 bits per heavy atom. The highest BCUT2D eigenvalue weighted by Crippen LogP contribution is 2.42. The summed E-state index contributed by atoms with van der Waals surface area (Å²) >= 11 is 14.1. The zero-order valence-corrected chi connectivity index (χ0v) is 26.1. The predicted molar refractivity (Wildman–Crippen MR) is 169 cm³/mol. The SMILES string of the molecule is COc1nc(-c2cccc(-c3cccc(-c4cnc(CN[C@H]5CCOC5)c(OC)n4)c3Cl)c2Cl)cnc1CN[C@H]1CCOC1. The third-order valence-corrected chi connectivity index (χ3v) is 8.64. The van der Waals surface area contributed by atoms with Gasteiger partial charge in [-0.3, -0.25) is 9.97 Å². The van der Waals surface area contributed by atoms with Crippen molar-refractivity contribution in [2.45, 2.75) is 38.0 Å². The molecule has 2 fully saturated rings. The molecule has 0 saturated carbocycles. The monoisotopic (exact) mass is 636 g/mol. The number of benzene rings is 2. The van der Waals surface area contributed by atoms with Crippen molar-refractivity contribution in [3.8, 4) is 45.4 Å². The van der Waals surface area contributed by atoms with Crippen LogP contribution in [0.1, 0.15) is 24.2 Å². The van der Waals surface area contributed by atoms with Crippen LogP contribution in [0, 0.1) is 0 Å². The van der Waals surface area contributed by atoms with Gasteiger partial charge in [0.2, 0.25) is 11.8 Å². The second kappa shape index (κ2) is 14.2. The van der Waals surface area contributed by atoms with E-state index in [1.165, 1.54) is 0 Å². The fourth-order valence-corrected chi connectivity index (χ4v) is 6.02. The molecule has 4 heterocycles. The van der Waals surface area contributed by atoms with E-state index in [0.717, 1.165) is 48.6 Å². The fraction of sp³-hybridized carbons (Fsp3) is 0.375. The van der Waals surface area contributed by atoms with E-state index in [9.17, 15) is 0 Å². The summed E-state index contributed by atoms with van der Waals surface area (Å²) in [5, 5.41) is 7.90. The Balaban J connectivity index is 1.27. The molecule has 230 valence electrons. The molecule has 2 aliphatic heterocycles. The highest BCUT2D eigenvalue weighted by atomic mass is 35.5. The van der Waals surface area contributed by atoms with Crippen LogP contribution in [0.5, 0.6) is 11.8 Å². The minimum absolute atomic E-state index is 0.298. The summed E-state index contributed by atoms with van der Waals surface area (Å²) in [6.07, 6.45) is 5.37. The fourth-order valence-electron chi connectivity index (χ4n) is 5.37. The van der Waals surface area contributed by atoms with Crippen molar-refractivity contribution >= 4 is 23.2 Å². The predicted octanol–water partition coefficient (Wildman–Crippen LogP) is 5.35. The van der Waals surface area contributed by atoms with Gasteiger partial charge in [0.05, 0.1) is 61.3 Å². The second-order valence-corrected chi connectivity index (χ2v) is 11.4. The first kappa shape index (κ1) is 30.6. The summed E-state index contributed by atoms with van der Waals surface area (Å²) in [5.74, 6) is 0.885. The van der Waals surface area contributed by atoms with Crippen molar-refractivity contribution in [3.05, 3.63) is 70.2 Å². The molecule has 0 spiro atoms. The normalized spacial score (nSPS) is 18.1. The van der Waals surface area contributed by atoms with Crippen molar-refractivity contribution < 1.29 is 18.9 Å². The van der Waals surface area contributed by atoms with E-state index in [4.69, 9.17) is 52.1 Å². The number of nitrogens with one attached hydrogen (secondary N) is 2. The zero-order chi connectivity index (χ0) is 30.5. The van der Waals surface area contributed by atoms with E-state index in [-0.39, 0.29) is 0 Å². The summed E-state index contributed by atoms with van der Waals surface area (Å²) in [6.45, 7) is 3.98. The molecule has 10 nitrogen and oxygen atoms in total. The Hall–Kier alpha value is -3.38. The van der Waals surface area contributed by atoms with Crippen molar-refractivity contribution in [2.24, 2.45) is 0 Å². The highest BCUT2D eigenvalue weighted by molar-refractivity contribution is 6.39. The van der Waals surface area contributed by atoms with Crippen LogP contribution < -0.4 is 20.1 Å². The van der Waals surface area contributed by atoms with Crippen LogP contribution in [0.2, 0.25) is 10.0 Å².